The maximum Gasteiger partial charge on any atom is 0.131 e. The summed E-state index contributed by atoms with van der Waals surface area (Å²) in [4.78, 5) is 6.84. The maximum atomic E-state index is 4.75. The standard InChI is InChI=1S/C15H24N2/c1-7-8-14-10-9-11(2)12(3)13(4)15(16-14)17(5)6/h7-8,10-11H,9H2,1-6H3/b8-7+,13-12?,14-10+,16-15?. The Kier molecular flexibility index (Phi) is 4.73. The quantitative estimate of drug-likeness (QED) is 0.671. The van der Waals surface area contributed by atoms with Crippen LogP contribution in [-0.2, 0) is 0 Å². The molecule has 0 radical (unpaired) electrons. The number of allylic oxidation sites excluding steroid dienone is 4. The lowest BCUT2D eigenvalue weighted by Gasteiger charge is -2.23. The van der Waals surface area contributed by atoms with Gasteiger partial charge < -0.3 is 4.90 Å². The van der Waals surface area contributed by atoms with Crippen LogP contribution in [0.5, 0.6) is 0 Å². The first-order valence-electron chi connectivity index (χ1n) is 6.24. The van der Waals surface area contributed by atoms with Crippen molar-refractivity contribution in [3.63, 3.8) is 0 Å². The van der Waals surface area contributed by atoms with Crippen molar-refractivity contribution in [2.24, 2.45) is 10.9 Å². The van der Waals surface area contributed by atoms with Gasteiger partial charge in [-0.05, 0) is 44.8 Å². The number of aliphatic imine (C=N–C) groups is 1. The van der Waals surface area contributed by atoms with Crippen molar-refractivity contribution in [1.82, 2.24) is 4.90 Å². The van der Waals surface area contributed by atoms with Gasteiger partial charge >= 0.3 is 0 Å². The highest BCUT2D eigenvalue weighted by Crippen LogP contribution is 2.24. The molecule has 0 amide bonds. The number of hydrogen-bond acceptors (Lipinski definition) is 2. The zero-order valence-corrected chi connectivity index (χ0v) is 11.9. The highest BCUT2D eigenvalue weighted by Gasteiger charge is 2.15. The van der Waals surface area contributed by atoms with Gasteiger partial charge in [0.1, 0.15) is 5.84 Å². The van der Waals surface area contributed by atoms with E-state index in [0.717, 1.165) is 18.0 Å². The Labute approximate surface area is 105 Å². The molecule has 0 bridgehead atoms. The normalized spacial score (nSPS) is 25.2. The predicted molar refractivity (Wildman–Crippen MR) is 76.2 cm³/mol. The highest BCUT2D eigenvalue weighted by atomic mass is 15.1. The lowest BCUT2D eigenvalue weighted by atomic mass is 9.93. The number of rotatable bonds is 1. The van der Waals surface area contributed by atoms with Crippen molar-refractivity contribution in [3.8, 4) is 0 Å². The van der Waals surface area contributed by atoms with Gasteiger partial charge in [-0.15, -0.1) is 0 Å². The van der Waals surface area contributed by atoms with Gasteiger partial charge in [0.25, 0.3) is 0 Å². The van der Waals surface area contributed by atoms with Crippen LogP contribution in [0.4, 0.5) is 0 Å². The van der Waals surface area contributed by atoms with E-state index in [1.807, 2.05) is 13.0 Å². The van der Waals surface area contributed by atoms with Gasteiger partial charge in [-0.1, -0.05) is 24.6 Å². The molecule has 0 N–H and O–H groups in total. The smallest absolute Gasteiger partial charge is 0.131 e. The average molecular weight is 232 g/mol. The Bertz CT molecular complexity index is 395. The van der Waals surface area contributed by atoms with Crippen LogP contribution in [0, 0.1) is 5.92 Å². The van der Waals surface area contributed by atoms with Crippen LogP contribution in [0.25, 0.3) is 0 Å². The minimum Gasteiger partial charge on any atom is -0.363 e. The van der Waals surface area contributed by atoms with Crippen LogP contribution in [0.2, 0.25) is 0 Å². The molecule has 0 spiro atoms. The van der Waals surface area contributed by atoms with E-state index in [4.69, 9.17) is 4.99 Å². The molecule has 0 aromatic heterocycles. The molecule has 0 aromatic rings. The summed E-state index contributed by atoms with van der Waals surface area (Å²) in [5, 5.41) is 0. The minimum atomic E-state index is 0.584. The van der Waals surface area contributed by atoms with Crippen molar-refractivity contribution in [3.05, 3.63) is 35.1 Å². The molecule has 0 fully saturated rings. The third-order valence-corrected chi connectivity index (χ3v) is 3.34. The lowest BCUT2D eigenvalue weighted by molar-refractivity contribution is 0.612. The van der Waals surface area contributed by atoms with Gasteiger partial charge in [0, 0.05) is 14.1 Å². The third-order valence-electron chi connectivity index (χ3n) is 3.34. The first-order chi connectivity index (χ1) is 7.97. The molecular weight excluding hydrogens is 208 g/mol. The van der Waals surface area contributed by atoms with Crippen molar-refractivity contribution < 1.29 is 0 Å². The van der Waals surface area contributed by atoms with Crippen LogP contribution < -0.4 is 0 Å². The summed E-state index contributed by atoms with van der Waals surface area (Å²) in [7, 11) is 4.10. The van der Waals surface area contributed by atoms with Crippen LogP contribution >= 0.6 is 0 Å². The zero-order chi connectivity index (χ0) is 13.0. The molecule has 1 unspecified atom stereocenters. The Balaban J connectivity index is 3.29. The Morgan fingerprint density at radius 2 is 2.00 bits per heavy atom. The number of likely N-dealkylation sites (N-methyl/N-ethyl adjacent to an activating group) is 1. The van der Waals surface area contributed by atoms with E-state index < -0.39 is 0 Å². The second-order valence-corrected chi connectivity index (χ2v) is 4.90. The molecule has 2 nitrogen and oxygen atoms in total. The van der Waals surface area contributed by atoms with Gasteiger partial charge in [0.2, 0.25) is 0 Å². The first kappa shape index (κ1) is 13.8. The zero-order valence-electron chi connectivity index (χ0n) is 11.9. The van der Waals surface area contributed by atoms with Crippen molar-refractivity contribution in [2.45, 2.75) is 34.1 Å². The van der Waals surface area contributed by atoms with E-state index >= 15 is 0 Å². The molecule has 1 rings (SSSR count). The summed E-state index contributed by atoms with van der Waals surface area (Å²) in [6.45, 7) is 8.69. The SMILES string of the molecule is C/C=C/C1=C\CC(C)C(C)=C(C)C(N(C)C)=N1. The fourth-order valence-electron chi connectivity index (χ4n) is 1.98. The third kappa shape index (κ3) is 3.32. The van der Waals surface area contributed by atoms with E-state index in [1.165, 1.54) is 11.1 Å². The van der Waals surface area contributed by atoms with Gasteiger partial charge in [-0.25, -0.2) is 4.99 Å². The summed E-state index contributed by atoms with van der Waals surface area (Å²) in [5.41, 5.74) is 3.81. The molecule has 1 heterocycles. The Hall–Kier alpha value is -1.31. The average Bonchev–Trinajstić information content (AvgIpc) is 2.28. The van der Waals surface area contributed by atoms with Crippen molar-refractivity contribution in [2.75, 3.05) is 14.1 Å². The lowest BCUT2D eigenvalue weighted by Crippen LogP contribution is -2.25. The van der Waals surface area contributed by atoms with E-state index in [9.17, 15) is 0 Å². The van der Waals surface area contributed by atoms with Gasteiger partial charge in [0.15, 0.2) is 0 Å². The van der Waals surface area contributed by atoms with E-state index in [-0.39, 0.29) is 0 Å². The second-order valence-electron chi connectivity index (χ2n) is 4.90. The van der Waals surface area contributed by atoms with Crippen LogP contribution in [0.1, 0.15) is 34.1 Å². The Morgan fingerprint density at radius 1 is 1.35 bits per heavy atom. The fourth-order valence-corrected chi connectivity index (χ4v) is 1.98. The molecule has 1 aliphatic heterocycles. The molecule has 2 heteroatoms. The monoisotopic (exact) mass is 232 g/mol. The van der Waals surface area contributed by atoms with Crippen LogP contribution in [-0.4, -0.2) is 24.8 Å². The fraction of sp³-hybridized carbons (Fsp3) is 0.533. The predicted octanol–water partition coefficient (Wildman–Crippen LogP) is 3.78. The van der Waals surface area contributed by atoms with E-state index in [2.05, 4.69) is 51.9 Å². The van der Waals surface area contributed by atoms with Crippen LogP contribution in [0.15, 0.2) is 40.1 Å². The molecule has 0 saturated heterocycles. The molecule has 17 heavy (non-hydrogen) atoms. The minimum absolute atomic E-state index is 0.584. The summed E-state index contributed by atoms with van der Waals surface area (Å²) >= 11 is 0. The summed E-state index contributed by atoms with van der Waals surface area (Å²) in [5.74, 6) is 1.65. The molecular formula is C15H24N2. The molecule has 1 atom stereocenters. The highest BCUT2D eigenvalue weighted by molar-refractivity contribution is 5.99. The molecule has 0 aliphatic carbocycles. The molecule has 0 aromatic carbocycles. The topological polar surface area (TPSA) is 15.6 Å². The summed E-state index contributed by atoms with van der Waals surface area (Å²) in [6, 6.07) is 0. The van der Waals surface area contributed by atoms with Crippen molar-refractivity contribution in [1.29, 1.82) is 0 Å². The van der Waals surface area contributed by atoms with Crippen LogP contribution in [0.3, 0.4) is 0 Å². The maximum absolute atomic E-state index is 4.75. The first-order valence-corrected chi connectivity index (χ1v) is 6.24. The number of amidine groups is 1. The van der Waals surface area contributed by atoms with Crippen molar-refractivity contribution >= 4 is 5.84 Å². The van der Waals surface area contributed by atoms with Gasteiger partial charge in [-0.2, -0.15) is 0 Å². The molecule has 0 saturated carbocycles. The van der Waals surface area contributed by atoms with E-state index in [1.54, 1.807) is 0 Å². The summed E-state index contributed by atoms with van der Waals surface area (Å²) < 4.78 is 0. The van der Waals surface area contributed by atoms with Gasteiger partial charge in [0.05, 0.1) is 5.70 Å². The number of hydrogen-bond donors (Lipinski definition) is 0. The second kappa shape index (κ2) is 5.85. The summed E-state index contributed by atoms with van der Waals surface area (Å²) in [6.07, 6.45) is 7.40. The molecule has 94 valence electrons. The number of nitrogens with zero attached hydrogens (tertiary/aromatic N) is 2. The largest absolute Gasteiger partial charge is 0.363 e. The Morgan fingerprint density at radius 3 is 2.53 bits per heavy atom. The molecule has 1 aliphatic rings. The van der Waals surface area contributed by atoms with Gasteiger partial charge in [-0.3, -0.25) is 0 Å². The van der Waals surface area contributed by atoms with E-state index in [0.29, 0.717) is 5.92 Å².